The zero-order chi connectivity index (χ0) is 18.2. The minimum absolute atomic E-state index is 0.0310. The van der Waals surface area contributed by atoms with E-state index in [4.69, 9.17) is 5.11 Å². The molecule has 0 aliphatic carbocycles. The summed E-state index contributed by atoms with van der Waals surface area (Å²) < 4.78 is 4.60. The molecule has 1 N–H and O–H groups in total. The van der Waals surface area contributed by atoms with E-state index in [0.29, 0.717) is 0 Å². The van der Waals surface area contributed by atoms with Crippen LogP contribution in [0.5, 0.6) is 0 Å². The van der Waals surface area contributed by atoms with E-state index >= 15 is 0 Å². The molecule has 0 aliphatic heterocycles. The lowest BCUT2D eigenvalue weighted by Gasteiger charge is -2.13. The molecule has 0 amide bonds. The van der Waals surface area contributed by atoms with Gasteiger partial charge < -0.3 is 9.84 Å². The molecule has 3 heteroatoms. The summed E-state index contributed by atoms with van der Waals surface area (Å²) >= 11 is 0. The second kappa shape index (κ2) is 8.67. The van der Waals surface area contributed by atoms with Crippen molar-refractivity contribution in [3.8, 4) is 11.1 Å². The van der Waals surface area contributed by atoms with Gasteiger partial charge in [0.2, 0.25) is 0 Å². The van der Waals surface area contributed by atoms with Crippen LogP contribution in [0.1, 0.15) is 16.7 Å². The molecule has 0 aromatic heterocycles. The van der Waals surface area contributed by atoms with Gasteiger partial charge in [-0.1, -0.05) is 84.9 Å². The molecular weight excluding hydrogens is 324 g/mol. The van der Waals surface area contributed by atoms with E-state index < -0.39 is 6.16 Å². The maximum Gasteiger partial charge on any atom is 0.506 e. The molecule has 0 radical (unpaired) electrons. The molecule has 0 heterocycles. The SMILES string of the molecule is O=C(O)OCC=Cc1c(Cc2ccccc2)cccc1-c1ccccc1. The van der Waals surface area contributed by atoms with Crippen molar-refractivity contribution in [3.05, 3.63) is 102 Å². The summed E-state index contributed by atoms with van der Waals surface area (Å²) in [6, 6.07) is 26.7. The lowest BCUT2D eigenvalue weighted by Crippen LogP contribution is -1.99. The average molecular weight is 344 g/mol. The van der Waals surface area contributed by atoms with Gasteiger partial charge in [0.25, 0.3) is 0 Å². The highest BCUT2D eigenvalue weighted by Crippen LogP contribution is 2.29. The van der Waals surface area contributed by atoms with Crippen molar-refractivity contribution in [3.63, 3.8) is 0 Å². The first-order valence-corrected chi connectivity index (χ1v) is 8.47. The molecular formula is C23H20O3. The van der Waals surface area contributed by atoms with Gasteiger partial charge in [0.1, 0.15) is 6.61 Å². The second-order valence-corrected chi connectivity index (χ2v) is 5.89. The first-order valence-electron chi connectivity index (χ1n) is 8.47. The van der Waals surface area contributed by atoms with Crippen molar-refractivity contribution in [1.29, 1.82) is 0 Å². The maximum absolute atomic E-state index is 10.6. The van der Waals surface area contributed by atoms with Gasteiger partial charge in [-0.05, 0) is 40.3 Å². The number of hydrogen-bond acceptors (Lipinski definition) is 2. The first kappa shape index (κ1) is 17.5. The minimum Gasteiger partial charge on any atom is -0.450 e. The van der Waals surface area contributed by atoms with Gasteiger partial charge in [-0.15, -0.1) is 0 Å². The molecule has 0 unspecified atom stereocenters. The largest absolute Gasteiger partial charge is 0.506 e. The van der Waals surface area contributed by atoms with E-state index in [1.807, 2.05) is 42.5 Å². The fraction of sp³-hybridized carbons (Fsp3) is 0.0870. The van der Waals surface area contributed by atoms with Crippen LogP contribution >= 0.6 is 0 Å². The van der Waals surface area contributed by atoms with E-state index in [1.54, 1.807) is 6.08 Å². The standard InChI is InChI=1S/C23H20O3/c24-23(25)26-16-8-15-22-20(17-18-9-3-1-4-10-18)13-7-14-21(22)19-11-5-2-6-12-19/h1-15H,16-17H2,(H,24,25). The molecule has 3 aromatic rings. The van der Waals surface area contributed by atoms with Crippen LogP contribution in [-0.2, 0) is 11.2 Å². The molecule has 3 aromatic carbocycles. The number of carboxylic acid groups (broad SMARTS) is 1. The summed E-state index contributed by atoms with van der Waals surface area (Å²) in [5, 5.41) is 8.64. The van der Waals surface area contributed by atoms with Gasteiger partial charge in [-0.25, -0.2) is 4.79 Å². The highest BCUT2D eigenvalue weighted by atomic mass is 16.7. The fourth-order valence-corrected chi connectivity index (χ4v) is 2.93. The lowest BCUT2D eigenvalue weighted by atomic mass is 9.92. The van der Waals surface area contributed by atoms with Gasteiger partial charge in [-0.3, -0.25) is 0 Å². The minimum atomic E-state index is -1.27. The van der Waals surface area contributed by atoms with E-state index in [1.165, 1.54) is 11.1 Å². The molecule has 0 saturated carbocycles. The Morgan fingerprint density at radius 1 is 0.885 bits per heavy atom. The quantitative estimate of drug-likeness (QED) is 0.588. The topological polar surface area (TPSA) is 46.5 Å². The van der Waals surface area contributed by atoms with Crippen molar-refractivity contribution in [2.45, 2.75) is 6.42 Å². The zero-order valence-electron chi connectivity index (χ0n) is 14.3. The molecule has 26 heavy (non-hydrogen) atoms. The number of rotatable bonds is 6. The zero-order valence-corrected chi connectivity index (χ0v) is 14.3. The molecule has 0 bridgehead atoms. The van der Waals surface area contributed by atoms with Crippen molar-refractivity contribution in [1.82, 2.24) is 0 Å². The highest BCUT2D eigenvalue weighted by Gasteiger charge is 2.08. The monoisotopic (exact) mass is 344 g/mol. The molecule has 0 aliphatic rings. The Labute approximate surface area is 153 Å². The molecule has 0 atom stereocenters. The Morgan fingerprint density at radius 3 is 2.27 bits per heavy atom. The maximum atomic E-state index is 10.6. The van der Waals surface area contributed by atoms with Crippen molar-refractivity contribution < 1.29 is 14.6 Å². The van der Waals surface area contributed by atoms with Gasteiger partial charge in [0.05, 0.1) is 0 Å². The molecule has 0 spiro atoms. The van der Waals surface area contributed by atoms with Crippen LogP contribution in [0.4, 0.5) is 4.79 Å². The van der Waals surface area contributed by atoms with Crippen LogP contribution in [0.3, 0.4) is 0 Å². The Balaban J connectivity index is 1.98. The number of carbonyl (C=O) groups is 1. The number of ether oxygens (including phenoxy) is 1. The lowest BCUT2D eigenvalue weighted by molar-refractivity contribution is 0.102. The fourth-order valence-electron chi connectivity index (χ4n) is 2.93. The Bertz CT molecular complexity index is 884. The van der Waals surface area contributed by atoms with Crippen LogP contribution in [0, 0.1) is 0 Å². The third kappa shape index (κ3) is 4.61. The smallest absolute Gasteiger partial charge is 0.450 e. The van der Waals surface area contributed by atoms with E-state index in [0.717, 1.165) is 23.1 Å². The summed E-state index contributed by atoms with van der Waals surface area (Å²) in [6.07, 6.45) is 3.23. The molecule has 3 nitrogen and oxygen atoms in total. The summed E-state index contributed by atoms with van der Waals surface area (Å²) in [5.74, 6) is 0. The summed E-state index contributed by atoms with van der Waals surface area (Å²) in [7, 11) is 0. The Kier molecular flexibility index (Phi) is 5.84. The van der Waals surface area contributed by atoms with Gasteiger partial charge in [-0.2, -0.15) is 0 Å². The van der Waals surface area contributed by atoms with Crippen LogP contribution in [0.2, 0.25) is 0 Å². The summed E-state index contributed by atoms with van der Waals surface area (Å²) in [5.41, 5.74) is 5.74. The summed E-state index contributed by atoms with van der Waals surface area (Å²) in [6.45, 7) is 0.0310. The van der Waals surface area contributed by atoms with E-state index in [2.05, 4.69) is 47.2 Å². The first-order chi connectivity index (χ1) is 12.7. The van der Waals surface area contributed by atoms with E-state index in [-0.39, 0.29) is 6.61 Å². The van der Waals surface area contributed by atoms with Gasteiger partial charge in [0, 0.05) is 0 Å². The van der Waals surface area contributed by atoms with Gasteiger partial charge in [0.15, 0.2) is 0 Å². The van der Waals surface area contributed by atoms with E-state index in [9.17, 15) is 4.79 Å². The van der Waals surface area contributed by atoms with Crippen LogP contribution in [0.25, 0.3) is 17.2 Å². The van der Waals surface area contributed by atoms with Crippen molar-refractivity contribution in [2.24, 2.45) is 0 Å². The molecule has 0 saturated heterocycles. The number of benzene rings is 3. The van der Waals surface area contributed by atoms with Crippen LogP contribution in [0.15, 0.2) is 84.9 Å². The summed E-state index contributed by atoms with van der Waals surface area (Å²) in [4.78, 5) is 10.6. The average Bonchev–Trinajstić information content (AvgIpc) is 2.67. The van der Waals surface area contributed by atoms with Crippen LogP contribution < -0.4 is 0 Å². The second-order valence-electron chi connectivity index (χ2n) is 5.89. The predicted octanol–water partition coefficient (Wildman–Crippen LogP) is 5.65. The predicted molar refractivity (Wildman–Crippen MR) is 104 cm³/mol. The number of hydrogen-bond donors (Lipinski definition) is 1. The third-order valence-corrected chi connectivity index (χ3v) is 4.11. The molecule has 0 fully saturated rings. The Hall–Kier alpha value is -3.33. The van der Waals surface area contributed by atoms with Crippen molar-refractivity contribution in [2.75, 3.05) is 6.61 Å². The van der Waals surface area contributed by atoms with Crippen LogP contribution in [-0.4, -0.2) is 17.9 Å². The Morgan fingerprint density at radius 2 is 1.58 bits per heavy atom. The normalized spacial score (nSPS) is 10.8. The highest BCUT2D eigenvalue weighted by molar-refractivity contribution is 5.77. The molecule has 3 rings (SSSR count). The molecule has 130 valence electrons. The third-order valence-electron chi connectivity index (χ3n) is 4.11. The van der Waals surface area contributed by atoms with Gasteiger partial charge >= 0.3 is 6.16 Å². The van der Waals surface area contributed by atoms with Crippen molar-refractivity contribution >= 4 is 12.2 Å².